The summed E-state index contributed by atoms with van der Waals surface area (Å²) in [5.41, 5.74) is 0.446. The molecule has 1 aromatic carbocycles. The number of carbonyl (C=O) groups is 2. The highest BCUT2D eigenvalue weighted by molar-refractivity contribution is 7.89. The minimum atomic E-state index is -3.71. The van der Waals surface area contributed by atoms with Crippen LogP contribution in [0.25, 0.3) is 0 Å². The van der Waals surface area contributed by atoms with E-state index in [-0.39, 0.29) is 29.3 Å². The fourth-order valence-corrected chi connectivity index (χ4v) is 5.85. The fourth-order valence-electron chi connectivity index (χ4n) is 4.33. The van der Waals surface area contributed by atoms with E-state index >= 15 is 0 Å². The molecule has 1 saturated heterocycles. The topological polar surface area (TPSA) is 96.0 Å². The molecule has 0 bridgehead atoms. The van der Waals surface area contributed by atoms with Crippen molar-refractivity contribution in [1.82, 2.24) is 9.21 Å². The molecule has 1 aliphatic carbocycles. The van der Waals surface area contributed by atoms with Crippen LogP contribution in [0.1, 0.15) is 44.9 Å². The van der Waals surface area contributed by atoms with Crippen LogP contribution in [0, 0.1) is 5.92 Å². The summed E-state index contributed by atoms with van der Waals surface area (Å²) in [6.45, 7) is 0.613. The molecule has 1 heterocycles. The molecule has 0 radical (unpaired) electrons. The summed E-state index contributed by atoms with van der Waals surface area (Å²) in [4.78, 5) is 26.3. The van der Waals surface area contributed by atoms with Crippen molar-refractivity contribution in [3.63, 3.8) is 0 Å². The number of carbonyl (C=O) groups excluding carboxylic acids is 2. The Balaban J connectivity index is 1.67. The molecular weight excluding hydrogens is 406 g/mol. The first-order valence-electron chi connectivity index (χ1n) is 10.5. The van der Waals surface area contributed by atoms with E-state index in [0.717, 1.165) is 25.7 Å². The number of methoxy groups -OCH3 is 1. The van der Waals surface area contributed by atoms with Gasteiger partial charge in [-0.25, -0.2) is 13.2 Å². The van der Waals surface area contributed by atoms with Crippen molar-refractivity contribution in [3.05, 3.63) is 24.3 Å². The first kappa shape index (κ1) is 22.6. The van der Waals surface area contributed by atoms with Gasteiger partial charge < -0.3 is 9.64 Å². The van der Waals surface area contributed by atoms with E-state index in [0.29, 0.717) is 25.1 Å². The van der Waals surface area contributed by atoms with Crippen LogP contribution in [0.2, 0.25) is 0 Å². The SMILES string of the molecule is COC(=O)Nc1ccc(S(=O)(=O)N2CCC[C@H](C(=O)N(C)C3CCCCC3)C2)cc1. The molecule has 1 aliphatic heterocycles. The summed E-state index contributed by atoms with van der Waals surface area (Å²) in [5.74, 6) is -0.250. The largest absolute Gasteiger partial charge is 0.453 e. The summed E-state index contributed by atoms with van der Waals surface area (Å²) in [5, 5.41) is 2.50. The average molecular weight is 438 g/mol. The van der Waals surface area contributed by atoms with Gasteiger partial charge in [-0.2, -0.15) is 4.31 Å². The lowest BCUT2D eigenvalue weighted by Gasteiger charge is -2.37. The Morgan fingerprint density at radius 3 is 2.37 bits per heavy atom. The van der Waals surface area contributed by atoms with Crippen LogP contribution in [-0.4, -0.2) is 62.9 Å². The zero-order valence-electron chi connectivity index (χ0n) is 17.7. The minimum absolute atomic E-state index is 0.0550. The van der Waals surface area contributed by atoms with Gasteiger partial charge in [-0.3, -0.25) is 10.1 Å². The first-order chi connectivity index (χ1) is 14.3. The molecule has 8 nitrogen and oxygen atoms in total. The number of anilines is 1. The molecular formula is C21H31N3O5S. The van der Waals surface area contributed by atoms with Gasteiger partial charge in [-0.15, -0.1) is 0 Å². The molecule has 1 saturated carbocycles. The van der Waals surface area contributed by atoms with Crippen LogP contribution in [0.15, 0.2) is 29.2 Å². The number of piperidine rings is 1. The summed E-state index contributed by atoms with van der Waals surface area (Å²) < 4.78 is 32.2. The van der Waals surface area contributed by atoms with Crippen molar-refractivity contribution in [2.45, 2.75) is 55.9 Å². The maximum absolute atomic E-state index is 13.1. The van der Waals surface area contributed by atoms with Gasteiger partial charge in [0, 0.05) is 31.9 Å². The number of ether oxygens (including phenoxy) is 1. The maximum atomic E-state index is 13.1. The second-order valence-electron chi connectivity index (χ2n) is 8.08. The van der Waals surface area contributed by atoms with Gasteiger partial charge in [0.2, 0.25) is 15.9 Å². The third-order valence-corrected chi connectivity index (χ3v) is 8.01. The summed E-state index contributed by atoms with van der Waals surface area (Å²) in [6.07, 6.45) is 6.33. The Bertz CT molecular complexity index is 850. The van der Waals surface area contributed by atoms with Crippen molar-refractivity contribution >= 4 is 27.7 Å². The van der Waals surface area contributed by atoms with Gasteiger partial charge in [0.15, 0.2) is 0 Å². The van der Waals surface area contributed by atoms with Gasteiger partial charge >= 0.3 is 6.09 Å². The van der Waals surface area contributed by atoms with Crippen molar-refractivity contribution in [2.75, 3.05) is 32.6 Å². The molecule has 0 spiro atoms. The Morgan fingerprint density at radius 1 is 1.07 bits per heavy atom. The van der Waals surface area contributed by atoms with Crippen LogP contribution in [0.3, 0.4) is 0 Å². The van der Waals surface area contributed by atoms with Gasteiger partial charge in [-0.1, -0.05) is 19.3 Å². The highest BCUT2D eigenvalue weighted by Gasteiger charge is 2.36. The second kappa shape index (κ2) is 9.78. The molecule has 2 fully saturated rings. The highest BCUT2D eigenvalue weighted by Crippen LogP contribution is 2.28. The number of hydrogen-bond acceptors (Lipinski definition) is 5. The van der Waals surface area contributed by atoms with Crippen LogP contribution >= 0.6 is 0 Å². The molecule has 30 heavy (non-hydrogen) atoms. The van der Waals surface area contributed by atoms with Crippen LogP contribution in [-0.2, 0) is 19.6 Å². The van der Waals surface area contributed by atoms with Gasteiger partial charge in [-0.05, 0) is 49.9 Å². The van der Waals surface area contributed by atoms with Crippen molar-refractivity contribution < 1.29 is 22.7 Å². The van der Waals surface area contributed by atoms with Gasteiger partial charge in [0.25, 0.3) is 0 Å². The normalized spacial score (nSPS) is 21.1. The number of benzene rings is 1. The van der Waals surface area contributed by atoms with Gasteiger partial charge in [0.05, 0.1) is 17.9 Å². The zero-order valence-corrected chi connectivity index (χ0v) is 18.5. The van der Waals surface area contributed by atoms with E-state index in [1.807, 2.05) is 11.9 Å². The number of rotatable bonds is 5. The van der Waals surface area contributed by atoms with Crippen molar-refractivity contribution in [3.8, 4) is 0 Å². The molecule has 1 aromatic rings. The van der Waals surface area contributed by atoms with E-state index in [9.17, 15) is 18.0 Å². The van der Waals surface area contributed by atoms with E-state index in [1.165, 1.54) is 42.1 Å². The highest BCUT2D eigenvalue weighted by atomic mass is 32.2. The Kier molecular flexibility index (Phi) is 7.36. The lowest BCUT2D eigenvalue weighted by atomic mass is 9.92. The van der Waals surface area contributed by atoms with E-state index < -0.39 is 16.1 Å². The molecule has 1 atom stereocenters. The van der Waals surface area contributed by atoms with Crippen LogP contribution in [0.5, 0.6) is 0 Å². The quantitative estimate of drug-likeness (QED) is 0.764. The molecule has 2 amide bonds. The Hall–Kier alpha value is -2.13. The van der Waals surface area contributed by atoms with E-state index in [1.54, 1.807) is 0 Å². The number of sulfonamides is 1. The summed E-state index contributed by atoms with van der Waals surface area (Å²) in [6, 6.07) is 6.23. The predicted molar refractivity (Wildman–Crippen MR) is 114 cm³/mol. The zero-order chi connectivity index (χ0) is 21.7. The fraction of sp³-hybridized carbons (Fsp3) is 0.619. The molecule has 166 valence electrons. The molecule has 0 aromatic heterocycles. The van der Waals surface area contributed by atoms with E-state index in [4.69, 9.17) is 0 Å². The molecule has 1 N–H and O–H groups in total. The standard InChI is InChI=1S/C21H31N3O5S/c1-23(18-8-4-3-5-9-18)20(25)16-7-6-14-24(15-16)30(27,28)19-12-10-17(11-13-19)22-21(26)29-2/h10-13,16,18H,3-9,14-15H2,1-2H3,(H,22,26)/t16-/m0/s1. The number of nitrogens with zero attached hydrogens (tertiary/aromatic N) is 2. The predicted octanol–water partition coefficient (Wildman–Crippen LogP) is 3.06. The lowest BCUT2D eigenvalue weighted by molar-refractivity contribution is -0.138. The smallest absolute Gasteiger partial charge is 0.411 e. The van der Waals surface area contributed by atoms with Crippen molar-refractivity contribution in [2.24, 2.45) is 5.92 Å². The lowest BCUT2D eigenvalue weighted by Crippen LogP contribution is -2.48. The number of nitrogens with one attached hydrogen (secondary N) is 1. The average Bonchev–Trinajstić information content (AvgIpc) is 2.79. The minimum Gasteiger partial charge on any atom is -0.453 e. The van der Waals surface area contributed by atoms with Crippen LogP contribution in [0.4, 0.5) is 10.5 Å². The monoisotopic (exact) mass is 437 g/mol. The first-order valence-corrected chi connectivity index (χ1v) is 12.0. The second-order valence-corrected chi connectivity index (χ2v) is 10.0. The summed E-state index contributed by atoms with van der Waals surface area (Å²) >= 11 is 0. The van der Waals surface area contributed by atoms with Crippen molar-refractivity contribution in [1.29, 1.82) is 0 Å². The molecule has 0 unspecified atom stereocenters. The summed E-state index contributed by atoms with van der Waals surface area (Å²) in [7, 11) is -0.593. The Morgan fingerprint density at radius 2 is 1.73 bits per heavy atom. The third kappa shape index (κ3) is 5.13. The molecule has 3 rings (SSSR count). The van der Waals surface area contributed by atoms with Gasteiger partial charge in [0.1, 0.15) is 0 Å². The maximum Gasteiger partial charge on any atom is 0.411 e. The van der Waals surface area contributed by atoms with Crippen LogP contribution < -0.4 is 5.32 Å². The molecule has 2 aliphatic rings. The van der Waals surface area contributed by atoms with E-state index in [2.05, 4.69) is 10.1 Å². The Labute approximate surface area is 178 Å². The number of amides is 2. The molecule has 9 heteroatoms. The third-order valence-electron chi connectivity index (χ3n) is 6.13. The number of hydrogen-bond donors (Lipinski definition) is 1.